The first kappa shape index (κ1) is 17.2. The van der Waals surface area contributed by atoms with E-state index in [1.807, 2.05) is 0 Å². The number of benzene rings is 1. The molecule has 0 spiro atoms. The number of hydrogen-bond acceptors (Lipinski definition) is 6. The summed E-state index contributed by atoms with van der Waals surface area (Å²) >= 11 is 0. The predicted molar refractivity (Wildman–Crippen MR) is 95.2 cm³/mol. The van der Waals surface area contributed by atoms with E-state index in [0.717, 1.165) is 11.3 Å². The van der Waals surface area contributed by atoms with Gasteiger partial charge in [-0.25, -0.2) is 4.79 Å². The Morgan fingerprint density at radius 1 is 1.30 bits per heavy atom. The monoisotopic (exact) mass is 370 g/mol. The minimum Gasteiger partial charge on any atom is -0.376 e. The molecule has 0 radical (unpaired) electrons. The van der Waals surface area contributed by atoms with Crippen LogP contribution in [0.5, 0.6) is 0 Å². The van der Waals surface area contributed by atoms with Gasteiger partial charge in [0.1, 0.15) is 11.5 Å². The molecule has 3 aromatic rings. The van der Waals surface area contributed by atoms with Gasteiger partial charge in [-0.1, -0.05) is 17.3 Å². The van der Waals surface area contributed by atoms with Gasteiger partial charge in [-0.05, 0) is 12.1 Å². The van der Waals surface area contributed by atoms with E-state index in [0.29, 0.717) is 36.2 Å². The van der Waals surface area contributed by atoms with Crippen molar-refractivity contribution >= 4 is 16.8 Å². The Morgan fingerprint density at radius 2 is 2.15 bits per heavy atom. The zero-order valence-electron chi connectivity index (χ0n) is 14.5. The van der Waals surface area contributed by atoms with Crippen LogP contribution >= 0.6 is 0 Å². The summed E-state index contributed by atoms with van der Waals surface area (Å²) in [5.41, 5.74) is 1.08. The molecule has 1 aromatic carbocycles. The number of fused-ring (bicyclic) bond motifs is 2. The van der Waals surface area contributed by atoms with Gasteiger partial charge >= 0.3 is 5.69 Å². The van der Waals surface area contributed by atoms with Crippen molar-refractivity contribution < 1.29 is 14.1 Å². The summed E-state index contributed by atoms with van der Waals surface area (Å²) in [4.78, 5) is 38.5. The van der Waals surface area contributed by atoms with Crippen LogP contribution in [0.3, 0.4) is 0 Å². The normalized spacial score (nSPS) is 13.5. The summed E-state index contributed by atoms with van der Waals surface area (Å²) < 4.78 is 12.0. The number of aromatic nitrogens is 3. The van der Waals surface area contributed by atoms with E-state index in [2.05, 4.69) is 15.5 Å². The molecule has 9 heteroatoms. The number of hydrogen-bond donors (Lipinski definition) is 2. The molecule has 0 saturated carbocycles. The van der Waals surface area contributed by atoms with Crippen LogP contribution in [-0.4, -0.2) is 27.2 Å². The van der Waals surface area contributed by atoms with Crippen molar-refractivity contribution in [1.29, 1.82) is 0 Å². The molecule has 2 aromatic heterocycles. The fraction of sp³-hybridized carbons (Fsp3) is 0.333. The van der Waals surface area contributed by atoms with Gasteiger partial charge < -0.3 is 14.6 Å². The highest BCUT2D eigenvalue weighted by Crippen LogP contribution is 2.20. The molecule has 1 aliphatic heterocycles. The SMILES string of the molecule is O=C(CCn1c(=O)[nH]c(=O)c2ccccc21)NCc1noc2c1COCC2. The molecule has 0 saturated heterocycles. The van der Waals surface area contributed by atoms with Crippen LogP contribution in [0, 0.1) is 0 Å². The van der Waals surface area contributed by atoms with Crippen LogP contribution in [0.1, 0.15) is 23.4 Å². The Balaban J connectivity index is 1.43. The second kappa shape index (κ2) is 7.20. The number of nitrogens with zero attached hydrogens (tertiary/aromatic N) is 2. The lowest BCUT2D eigenvalue weighted by Crippen LogP contribution is -2.32. The zero-order chi connectivity index (χ0) is 18.8. The molecule has 3 heterocycles. The average Bonchev–Trinajstić information content (AvgIpc) is 3.09. The fourth-order valence-corrected chi connectivity index (χ4v) is 3.17. The first-order valence-corrected chi connectivity index (χ1v) is 8.66. The second-order valence-electron chi connectivity index (χ2n) is 6.29. The molecule has 2 N–H and O–H groups in total. The number of para-hydroxylation sites is 1. The van der Waals surface area contributed by atoms with E-state index in [1.54, 1.807) is 24.3 Å². The summed E-state index contributed by atoms with van der Waals surface area (Å²) in [6.07, 6.45) is 0.769. The van der Waals surface area contributed by atoms with Crippen molar-refractivity contribution in [2.75, 3.05) is 6.61 Å². The summed E-state index contributed by atoms with van der Waals surface area (Å²) in [5.74, 6) is 0.572. The van der Waals surface area contributed by atoms with Gasteiger partial charge in [0, 0.05) is 24.9 Å². The molecule has 1 aliphatic rings. The zero-order valence-corrected chi connectivity index (χ0v) is 14.5. The molecule has 1 amide bonds. The first-order valence-electron chi connectivity index (χ1n) is 8.66. The van der Waals surface area contributed by atoms with Crippen LogP contribution in [-0.2, 0) is 35.6 Å². The second-order valence-corrected chi connectivity index (χ2v) is 6.29. The molecule has 140 valence electrons. The van der Waals surface area contributed by atoms with E-state index >= 15 is 0 Å². The minimum absolute atomic E-state index is 0.0898. The van der Waals surface area contributed by atoms with E-state index in [1.165, 1.54) is 4.57 Å². The highest BCUT2D eigenvalue weighted by atomic mass is 16.5. The van der Waals surface area contributed by atoms with Gasteiger partial charge in [-0.2, -0.15) is 0 Å². The maximum Gasteiger partial charge on any atom is 0.328 e. The van der Waals surface area contributed by atoms with E-state index in [9.17, 15) is 14.4 Å². The maximum absolute atomic E-state index is 12.2. The Hall–Kier alpha value is -3.20. The maximum atomic E-state index is 12.2. The highest BCUT2D eigenvalue weighted by Gasteiger charge is 2.20. The molecule has 0 bridgehead atoms. The number of carbonyl (C=O) groups excluding carboxylic acids is 1. The Bertz CT molecular complexity index is 1110. The topological polar surface area (TPSA) is 119 Å². The lowest BCUT2D eigenvalue weighted by Gasteiger charge is -2.11. The number of carbonyl (C=O) groups is 1. The van der Waals surface area contributed by atoms with Gasteiger partial charge in [0.2, 0.25) is 5.91 Å². The van der Waals surface area contributed by atoms with Crippen molar-refractivity contribution in [3.63, 3.8) is 0 Å². The van der Waals surface area contributed by atoms with Crippen LogP contribution in [0.2, 0.25) is 0 Å². The summed E-state index contributed by atoms with van der Waals surface area (Å²) in [5, 5.41) is 7.18. The molecule has 4 rings (SSSR count). The summed E-state index contributed by atoms with van der Waals surface area (Å²) in [6, 6.07) is 6.79. The molecule has 0 aliphatic carbocycles. The smallest absolute Gasteiger partial charge is 0.328 e. The third kappa shape index (κ3) is 3.41. The number of amides is 1. The molecular weight excluding hydrogens is 352 g/mol. The summed E-state index contributed by atoms with van der Waals surface area (Å²) in [6.45, 7) is 1.43. The third-order valence-electron chi connectivity index (χ3n) is 4.59. The number of H-pyrrole nitrogens is 1. The number of aromatic amines is 1. The van der Waals surface area contributed by atoms with Crippen molar-refractivity contribution in [1.82, 2.24) is 20.0 Å². The molecule has 9 nitrogen and oxygen atoms in total. The van der Waals surface area contributed by atoms with Gasteiger partial charge in [0.25, 0.3) is 5.56 Å². The number of rotatable bonds is 5. The van der Waals surface area contributed by atoms with Gasteiger partial charge in [0.15, 0.2) is 0 Å². The van der Waals surface area contributed by atoms with Crippen molar-refractivity contribution in [2.45, 2.75) is 32.5 Å². The highest BCUT2D eigenvalue weighted by molar-refractivity contribution is 5.78. The quantitative estimate of drug-likeness (QED) is 0.673. The van der Waals surface area contributed by atoms with Crippen LogP contribution < -0.4 is 16.6 Å². The lowest BCUT2D eigenvalue weighted by atomic mass is 10.1. The molecule has 27 heavy (non-hydrogen) atoms. The van der Waals surface area contributed by atoms with Crippen molar-refractivity contribution in [3.8, 4) is 0 Å². The van der Waals surface area contributed by atoms with Crippen LogP contribution in [0.25, 0.3) is 10.9 Å². The minimum atomic E-state index is -0.533. The van der Waals surface area contributed by atoms with Gasteiger partial charge in [0.05, 0.1) is 30.7 Å². The van der Waals surface area contributed by atoms with Gasteiger partial charge in [-0.3, -0.25) is 19.1 Å². The summed E-state index contributed by atoms with van der Waals surface area (Å²) in [7, 11) is 0. The lowest BCUT2D eigenvalue weighted by molar-refractivity contribution is -0.121. The Labute approximate surface area is 152 Å². The number of nitrogens with one attached hydrogen (secondary N) is 2. The third-order valence-corrected chi connectivity index (χ3v) is 4.59. The van der Waals surface area contributed by atoms with Crippen molar-refractivity contribution in [3.05, 3.63) is 62.1 Å². The van der Waals surface area contributed by atoms with Gasteiger partial charge in [-0.15, -0.1) is 0 Å². The van der Waals surface area contributed by atoms with Crippen molar-refractivity contribution in [2.24, 2.45) is 0 Å². The van der Waals surface area contributed by atoms with Crippen LogP contribution in [0.4, 0.5) is 0 Å². The average molecular weight is 370 g/mol. The van der Waals surface area contributed by atoms with Crippen LogP contribution in [0.15, 0.2) is 38.4 Å². The molecule has 0 fully saturated rings. The van der Waals surface area contributed by atoms with E-state index in [4.69, 9.17) is 9.26 Å². The largest absolute Gasteiger partial charge is 0.376 e. The number of ether oxygens (including phenoxy) is 1. The molecule has 0 atom stereocenters. The Kier molecular flexibility index (Phi) is 4.59. The first-order chi connectivity index (χ1) is 13.1. The molecular formula is C18H18N4O5. The fourth-order valence-electron chi connectivity index (χ4n) is 3.17. The number of aryl methyl sites for hydroxylation is 1. The Morgan fingerprint density at radius 3 is 3.04 bits per heavy atom. The standard InChI is InChI=1S/C18H18N4O5/c23-16(19-9-13-12-10-26-8-6-15(12)27-21-13)5-7-22-14-4-2-1-3-11(14)17(24)20-18(22)25/h1-4H,5-10H2,(H,19,23)(H,20,24,25). The molecule has 0 unspecified atom stereocenters. The predicted octanol–water partition coefficient (Wildman–Crippen LogP) is 0.457. The van der Waals surface area contributed by atoms with E-state index in [-0.39, 0.29) is 25.4 Å². The van der Waals surface area contributed by atoms with E-state index < -0.39 is 11.2 Å².